The second-order valence-electron chi connectivity index (χ2n) is 2.84. The third kappa shape index (κ3) is 3.55. The molecule has 0 aliphatic heterocycles. The highest BCUT2D eigenvalue weighted by molar-refractivity contribution is 6.17. The number of halogens is 4. The third-order valence-electron chi connectivity index (χ3n) is 1.73. The molecule has 0 saturated heterocycles. The second kappa shape index (κ2) is 5.16. The Morgan fingerprint density at radius 3 is 2.73 bits per heavy atom. The number of hydrogen-bond acceptors (Lipinski definition) is 1. The summed E-state index contributed by atoms with van der Waals surface area (Å²) in [6.07, 6.45) is 1.49. The maximum absolute atomic E-state index is 12.5. The summed E-state index contributed by atoms with van der Waals surface area (Å²) in [6.45, 7) is 0. The predicted octanol–water partition coefficient (Wildman–Crippen LogP) is 3.74. The molecule has 1 nitrogen and oxygen atoms in total. The van der Waals surface area contributed by atoms with Gasteiger partial charge in [-0.1, -0.05) is 12.2 Å². The molecule has 0 bridgehead atoms. The van der Waals surface area contributed by atoms with Crippen molar-refractivity contribution in [3.63, 3.8) is 0 Å². The van der Waals surface area contributed by atoms with E-state index in [1.165, 1.54) is 12.3 Å². The van der Waals surface area contributed by atoms with E-state index in [2.05, 4.69) is 4.98 Å². The molecule has 1 aromatic rings. The van der Waals surface area contributed by atoms with E-state index in [1.54, 1.807) is 6.08 Å². The summed E-state index contributed by atoms with van der Waals surface area (Å²) >= 11 is 5.41. The van der Waals surface area contributed by atoms with E-state index in [0.29, 0.717) is 12.3 Å². The Morgan fingerprint density at radius 1 is 1.40 bits per heavy atom. The van der Waals surface area contributed by atoms with Crippen molar-refractivity contribution in [2.24, 2.45) is 0 Å². The molecule has 0 atom stereocenters. The van der Waals surface area contributed by atoms with Gasteiger partial charge in [-0.2, -0.15) is 13.2 Å². The number of nitrogens with zero attached hydrogens (tertiary/aromatic N) is 1. The topological polar surface area (TPSA) is 12.9 Å². The van der Waals surface area contributed by atoms with Crippen LogP contribution in [0.1, 0.15) is 17.5 Å². The summed E-state index contributed by atoms with van der Waals surface area (Å²) in [5, 5.41) is 0. The molecule has 0 saturated carbocycles. The van der Waals surface area contributed by atoms with Crippen molar-refractivity contribution >= 4 is 17.7 Å². The summed E-state index contributed by atoms with van der Waals surface area (Å²) in [4.78, 5) is 3.65. The fourth-order valence-corrected chi connectivity index (χ4v) is 1.20. The third-order valence-corrected chi connectivity index (χ3v) is 1.95. The molecule has 0 spiro atoms. The van der Waals surface area contributed by atoms with Crippen molar-refractivity contribution in [1.29, 1.82) is 0 Å². The van der Waals surface area contributed by atoms with Crippen molar-refractivity contribution in [2.75, 3.05) is 5.88 Å². The molecular formula is C10H9ClF3N. The normalized spacial score (nSPS) is 12.3. The van der Waals surface area contributed by atoms with Crippen LogP contribution in [0.4, 0.5) is 13.2 Å². The standard InChI is InChI=1S/C10H9ClF3N/c11-5-2-1-3-8-7-15-6-4-9(8)10(12,13)14/h1,3-4,6-7H,2,5H2/b3-1+. The molecule has 0 fully saturated rings. The SMILES string of the molecule is FC(F)(F)c1ccncc1/C=C/CCCl. The van der Waals surface area contributed by atoms with Crippen LogP contribution >= 0.6 is 11.6 Å². The van der Waals surface area contributed by atoms with Gasteiger partial charge in [0.2, 0.25) is 0 Å². The average molecular weight is 236 g/mol. The molecule has 1 heterocycles. The van der Waals surface area contributed by atoms with Crippen LogP contribution in [0.15, 0.2) is 24.5 Å². The van der Waals surface area contributed by atoms with Crippen molar-refractivity contribution in [3.8, 4) is 0 Å². The van der Waals surface area contributed by atoms with Crippen LogP contribution in [-0.4, -0.2) is 10.9 Å². The fraction of sp³-hybridized carbons (Fsp3) is 0.300. The summed E-state index contributed by atoms with van der Waals surface area (Å²) in [5.41, 5.74) is -0.613. The molecule has 0 unspecified atom stereocenters. The Bertz CT molecular complexity index is 347. The monoisotopic (exact) mass is 235 g/mol. The largest absolute Gasteiger partial charge is 0.417 e. The average Bonchev–Trinajstić information content (AvgIpc) is 2.17. The molecule has 15 heavy (non-hydrogen) atoms. The van der Waals surface area contributed by atoms with Gasteiger partial charge in [-0.25, -0.2) is 0 Å². The van der Waals surface area contributed by atoms with Gasteiger partial charge in [0.05, 0.1) is 5.56 Å². The molecule has 1 rings (SSSR count). The number of allylic oxidation sites excluding steroid dienone is 1. The Kier molecular flexibility index (Phi) is 4.15. The van der Waals surface area contributed by atoms with E-state index >= 15 is 0 Å². The molecule has 0 radical (unpaired) electrons. The maximum atomic E-state index is 12.5. The fourth-order valence-electron chi connectivity index (χ4n) is 1.07. The van der Waals surface area contributed by atoms with Crippen molar-refractivity contribution in [1.82, 2.24) is 4.98 Å². The highest BCUT2D eigenvalue weighted by Crippen LogP contribution is 2.31. The van der Waals surface area contributed by atoms with Crippen molar-refractivity contribution < 1.29 is 13.2 Å². The molecule has 5 heteroatoms. The smallest absolute Gasteiger partial charge is 0.264 e. The van der Waals surface area contributed by atoms with Gasteiger partial charge in [0, 0.05) is 23.8 Å². The van der Waals surface area contributed by atoms with E-state index < -0.39 is 11.7 Å². The van der Waals surface area contributed by atoms with Gasteiger partial charge >= 0.3 is 6.18 Å². The van der Waals surface area contributed by atoms with Crippen LogP contribution < -0.4 is 0 Å². The first kappa shape index (κ1) is 12.0. The number of rotatable bonds is 3. The molecule has 0 amide bonds. The lowest BCUT2D eigenvalue weighted by molar-refractivity contribution is -0.137. The van der Waals surface area contributed by atoms with E-state index in [0.717, 1.165) is 12.3 Å². The zero-order valence-corrected chi connectivity index (χ0v) is 8.52. The number of aromatic nitrogens is 1. The molecular weight excluding hydrogens is 227 g/mol. The van der Waals surface area contributed by atoms with Crippen LogP contribution in [0.5, 0.6) is 0 Å². The van der Waals surface area contributed by atoms with Gasteiger partial charge in [-0.05, 0) is 12.5 Å². The van der Waals surface area contributed by atoms with Gasteiger partial charge in [0.15, 0.2) is 0 Å². The highest BCUT2D eigenvalue weighted by atomic mass is 35.5. The second-order valence-corrected chi connectivity index (χ2v) is 3.22. The summed E-state index contributed by atoms with van der Waals surface area (Å²) < 4.78 is 37.4. The molecule has 0 aliphatic rings. The zero-order chi connectivity index (χ0) is 11.3. The van der Waals surface area contributed by atoms with Gasteiger partial charge in [-0.3, -0.25) is 4.98 Å². The summed E-state index contributed by atoms with van der Waals surface area (Å²) in [6, 6.07) is 0.959. The molecule has 0 aromatic carbocycles. The molecule has 1 aromatic heterocycles. The van der Waals surface area contributed by atoms with E-state index in [-0.39, 0.29) is 5.56 Å². The lowest BCUT2D eigenvalue weighted by Gasteiger charge is -2.08. The first-order chi connectivity index (χ1) is 7.05. The van der Waals surface area contributed by atoms with Crippen LogP contribution in [0.3, 0.4) is 0 Å². The number of alkyl halides is 4. The summed E-state index contributed by atoms with van der Waals surface area (Å²) in [7, 11) is 0. The molecule has 0 aliphatic carbocycles. The predicted molar refractivity (Wildman–Crippen MR) is 53.6 cm³/mol. The van der Waals surface area contributed by atoms with Gasteiger partial charge in [0.1, 0.15) is 0 Å². The summed E-state index contributed by atoms with van der Waals surface area (Å²) in [5.74, 6) is 0.387. The minimum Gasteiger partial charge on any atom is -0.264 e. The lowest BCUT2D eigenvalue weighted by Crippen LogP contribution is -2.07. The Morgan fingerprint density at radius 2 is 2.13 bits per heavy atom. The minimum atomic E-state index is -4.34. The van der Waals surface area contributed by atoms with Crippen molar-refractivity contribution in [3.05, 3.63) is 35.7 Å². The van der Waals surface area contributed by atoms with Crippen molar-refractivity contribution in [2.45, 2.75) is 12.6 Å². The molecule has 0 N–H and O–H groups in total. The first-order valence-electron chi connectivity index (χ1n) is 4.29. The van der Waals surface area contributed by atoms with Gasteiger partial charge < -0.3 is 0 Å². The highest BCUT2D eigenvalue weighted by Gasteiger charge is 2.32. The lowest BCUT2D eigenvalue weighted by atomic mass is 10.1. The number of pyridine rings is 1. The van der Waals surface area contributed by atoms with E-state index in [9.17, 15) is 13.2 Å². The quantitative estimate of drug-likeness (QED) is 0.728. The van der Waals surface area contributed by atoms with Crippen LogP contribution in [0.2, 0.25) is 0 Å². The van der Waals surface area contributed by atoms with Crippen LogP contribution in [-0.2, 0) is 6.18 Å². The first-order valence-corrected chi connectivity index (χ1v) is 4.83. The Balaban J connectivity index is 2.97. The van der Waals surface area contributed by atoms with Gasteiger partial charge in [0.25, 0.3) is 0 Å². The number of hydrogen-bond donors (Lipinski definition) is 0. The Hall–Kier alpha value is -1.03. The van der Waals surface area contributed by atoms with Gasteiger partial charge in [-0.15, -0.1) is 11.6 Å². The van der Waals surface area contributed by atoms with E-state index in [4.69, 9.17) is 11.6 Å². The molecule has 82 valence electrons. The van der Waals surface area contributed by atoms with E-state index in [1.807, 2.05) is 0 Å². The van der Waals surface area contributed by atoms with Crippen LogP contribution in [0, 0.1) is 0 Å². The van der Waals surface area contributed by atoms with Crippen LogP contribution in [0.25, 0.3) is 6.08 Å². The Labute approximate surface area is 90.6 Å². The zero-order valence-electron chi connectivity index (χ0n) is 7.76. The minimum absolute atomic E-state index is 0.0649. The maximum Gasteiger partial charge on any atom is 0.417 e.